The normalized spacial score (nSPS) is 41.2. The smallest absolute Gasteiger partial charge is 0.306 e. The molecule has 1 saturated heterocycles. The number of amides is 1. The van der Waals surface area contributed by atoms with Crippen molar-refractivity contribution in [3.63, 3.8) is 0 Å². The summed E-state index contributed by atoms with van der Waals surface area (Å²) in [5.74, 6) is -1.12. The second kappa shape index (κ2) is 10.7. The fraction of sp³-hybridized carbons (Fsp3) is 0.800. The largest absolute Gasteiger partial charge is 0.458 e. The zero-order valence-electron chi connectivity index (χ0n) is 23.2. The molecule has 4 fully saturated rings. The predicted octanol–water partition coefficient (Wildman–Crippen LogP) is 2.41. The van der Waals surface area contributed by atoms with E-state index in [0.717, 1.165) is 37.7 Å². The zero-order chi connectivity index (χ0) is 28.0. The van der Waals surface area contributed by atoms with Crippen molar-refractivity contribution >= 4 is 23.4 Å². The van der Waals surface area contributed by atoms with Crippen molar-refractivity contribution in [2.24, 2.45) is 28.6 Å². The molecule has 1 amide bonds. The quantitative estimate of drug-likeness (QED) is 0.395. The van der Waals surface area contributed by atoms with Crippen molar-refractivity contribution in [2.75, 3.05) is 19.8 Å². The van der Waals surface area contributed by atoms with E-state index in [-0.39, 0.29) is 66.6 Å². The van der Waals surface area contributed by atoms with Gasteiger partial charge in [-0.05, 0) is 80.6 Å². The molecule has 1 aliphatic heterocycles. The Hall–Kier alpha value is -2.10. The number of carbonyl (C=O) groups excluding carboxylic acids is 4. The standard InChI is InChI=1S/C30H43NO8/c1-28-11-9-19(32)14-18(28)5-6-21-22-10-12-30(37,29(22,2)15-23(33)27(21)28)24(34)17-39-26(36)8-7-25(35)31-16-20-4-3-13-38-20/h14,20-23,27,33,37H,3-13,15-17H2,1-2H3,(H,31,35)/t20-,21-,22-,23-,27+,28-,29-,30-/m0/s1. The minimum Gasteiger partial charge on any atom is -0.458 e. The first-order valence-corrected chi connectivity index (χ1v) is 14.7. The maximum Gasteiger partial charge on any atom is 0.306 e. The van der Waals surface area contributed by atoms with Crippen molar-refractivity contribution < 1.29 is 38.9 Å². The van der Waals surface area contributed by atoms with Crippen LogP contribution in [0.2, 0.25) is 0 Å². The fourth-order valence-corrected chi connectivity index (χ4v) is 8.82. The predicted molar refractivity (Wildman–Crippen MR) is 140 cm³/mol. The van der Waals surface area contributed by atoms with Crippen LogP contribution in [0.15, 0.2) is 11.6 Å². The van der Waals surface area contributed by atoms with Gasteiger partial charge in [0.15, 0.2) is 12.4 Å². The van der Waals surface area contributed by atoms with E-state index in [1.807, 2.05) is 6.92 Å². The van der Waals surface area contributed by atoms with E-state index in [2.05, 4.69) is 12.2 Å². The summed E-state index contributed by atoms with van der Waals surface area (Å²) < 4.78 is 10.7. The van der Waals surface area contributed by atoms with E-state index >= 15 is 0 Å². The molecular weight excluding hydrogens is 502 g/mol. The van der Waals surface area contributed by atoms with Gasteiger partial charge in [-0.1, -0.05) is 19.4 Å². The number of rotatable bonds is 8. The van der Waals surface area contributed by atoms with Crippen LogP contribution in [0.5, 0.6) is 0 Å². The van der Waals surface area contributed by atoms with E-state index in [9.17, 15) is 29.4 Å². The minimum atomic E-state index is -1.69. The van der Waals surface area contributed by atoms with Crippen molar-refractivity contribution in [1.29, 1.82) is 0 Å². The molecule has 0 aromatic rings. The van der Waals surface area contributed by atoms with Gasteiger partial charge in [-0.15, -0.1) is 0 Å². The summed E-state index contributed by atoms with van der Waals surface area (Å²) in [6.45, 7) is 4.64. The maximum absolute atomic E-state index is 13.4. The molecule has 0 radical (unpaired) electrons. The van der Waals surface area contributed by atoms with Crippen LogP contribution >= 0.6 is 0 Å². The molecule has 9 nitrogen and oxygen atoms in total. The Morgan fingerprint density at radius 1 is 1.13 bits per heavy atom. The van der Waals surface area contributed by atoms with Crippen LogP contribution < -0.4 is 5.32 Å². The number of carbonyl (C=O) groups is 4. The van der Waals surface area contributed by atoms with E-state index in [1.54, 1.807) is 6.08 Å². The van der Waals surface area contributed by atoms with E-state index in [4.69, 9.17) is 9.47 Å². The van der Waals surface area contributed by atoms with Gasteiger partial charge in [-0.3, -0.25) is 19.2 Å². The lowest BCUT2D eigenvalue weighted by atomic mass is 9.45. The average Bonchev–Trinajstić information content (AvgIpc) is 3.51. The summed E-state index contributed by atoms with van der Waals surface area (Å²) in [5, 5.41) is 26.0. The van der Waals surface area contributed by atoms with Crippen LogP contribution in [0.25, 0.3) is 0 Å². The lowest BCUT2D eigenvalue weighted by molar-refractivity contribution is -0.184. The summed E-state index contributed by atoms with van der Waals surface area (Å²) in [6.07, 6.45) is 6.86. The molecule has 1 heterocycles. The van der Waals surface area contributed by atoms with Crippen molar-refractivity contribution in [1.82, 2.24) is 5.32 Å². The lowest BCUT2D eigenvalue weighted by Gasteiger charge is -2.60. The van der Waals surface area contributed by atoms with Crippen molar-refractivity contribution in [3.05, 3.63) is 11.6 Å². The minimum absolute atomic E-state index is 0.00895. The number of allylic oxidation sites excluding steroid dienone is 1. The Labute approximate surface area is 230 Å². The van der Waals surface area contributed by atoms with E-state index in [0.29, 0.717) is 26.0 Å². The third kappa shape index (κ3) is 4.99. The Morgan fingerprint density at radius 3 is 2.67 bits per heavy atom. The second-order valence-electron chi connectivity index (χ2n) is 13.0. The van der Waals surface area contributed by atoms with Gasteiger partial charge in [-0.2, -0.15) is 0 Å². The fourth-order valence-electron chi connectivity index (χ4n) is 8.82. The van der Waals surface area contributed by atoms with Crippen molar-refractivity contribution in [2.45, 2.75) is 102 Å². The highest BCUT2D eigenvalue weighted by Gasteiger charge is 2.68. The molecule has 39 heavy (non-hydrogen) atoms. The Kier molecular flexibility index (Phi) is 7.81. The van der Waals surface area contributed by atoms with E-state index in [1.165, 1.54) is 0 Å². The molecule has 4 aliphatic carbocycles. The van der Waals surface area contributed by atoms with E-state index < -0.39 is 35.5 Å². The number of ketones is 2. The van der Waals surface area contributed by atoms with Gasteiger partial charge in [0.25, 0.3) is 0 Å². The molecule has 5 rings (SSSR count). The highest BCUT2D eigenvalue weighted by atomic mass is 16.5. The first-order chi connectivity index (χ1) is 18.5. The summed E-state index contributed by atoms with van der Waals surface area (Å²) in [5.41, 5.74) is -1.63. The highest BCUT2D eigenvalue weighted by Crippen LogP contribution is 2.67. The molecule has 0 bridgehead atoms. The van der Waals surface area contributed by atoms with Crippen LogP contribution in [-0.4, -0.2) is 71.2 Å². The second-order valence-corrected chi connectivity index (χ2v) is 13.0. The van der Waals surface area contributed by atoms with Gasteiger partial charge >= 0.3 is 5.97 Å². The lowest BCUT2D eigenvalue weighted by Crippen LogP contribution is -2.62. The number of ether oxygens (including phenoxy) is 2. The summed E-state index contributed by atoms with van der Waals surface area (Å²) in [7, 11) is 0. The van der Waals surface area contributed by atoms with Crippen molar-refractivity contribution in [3.8, 4) is 0 Å². The van der Waals surface area contributed by atoms with Gasteiger partial charge in [0, 0.05) is 31.4 Å². The highest BCUT2D eigenvalue weighted by molar-refractivity contribution is 5.92. The molecular formula is C30H43NO8. The molecule has 3 N–H and O–H groups in total. The van der Waals surface area contributed by atoms with Crippen LogP contribution in [0.1, 0.15) is 84.5 Å². The Morgan fingerprint density at radius 2 is 1.92 bits per heavy atom. The molecule has 9 heteroatoms. The van der Waals surface area contributed by atoms with Crippen LogP contribution in [-0.2, 0) is 28.7 Å². The average molecular weight is 546 g/mol. The SMILES string of the molecule is C[C@]12CCC(=O)C=C1CC[C@@H]1[C@@H]2[C@@H](O)C[C@@]2(C)[C@H]1CC[C@]2(O)C(=O)COC(=O)CCC(=O)NC[C@@H]1CCCO1. The number of aliphatic hydroxyl groups is 2. The van der Waals surface area contributed by atoms with Gasteiger partial charge in [0.2, 0.25) is 11.7 Å². The molecule has 5 aliphatic rings. The summed E-state index contributed by atoms with van der Waals surface area (Å²) in [6, 6.07) is 0. The van der Waals surface area contributed by atoms with Gasteiger partial charge in [0.05, 0.1) is 18.6 Å². The monoisotopic (exact) mass is 545 g/mol. The third-order valence-electron chi connectivity index (χ3n) is 11.0. The number of hydrogen-bond donors (Lipinski definition) is 3. The van der Waals surface area contributed by atoms with Crippen LogP contribution in [0, 0.1) is 28.6 Å². The summed E-state index contributed by atoms with van der Waals surface area (Å²) >= 11 is 0. The first-order valence-electron chi connectivity index (χ1n) is 14.7. The molecule has 3 saturated carbocycles. The Balaban J connectivity index is 1.18. The van der Waals surface area contributed by atoms with Gasteiger partial charge in [0.1, 0.15) is 5.60 Å². The maximum atomic E-state index is 13.4. The van der Waals surface area contributed by atoms with Crippen LogP contribution in [0.4, 0.5) is 0 Å². The zero-order valence-corrected chi connectivity index (χ0v) is 23.2. The molecule has 216 valence electrons. The topological polar surface area (TPSA) is 139 Å². The number of esters is 1. The number of Topliss-reactive ketones (excluding diaryl/α,β-unsaturated/α-hetero) is 1. The molecule has 0 unspecified atom stereocenters. The number of aliphatic hydroxyl groups excluding tert-OH is 1. The van der Waals surface area contributed by atoms with Gasteiger partial charge in [-0.25, -0.2) is 0 Å². The van der Waals surface area contributed by atoms with Crippen LogP contribution in [0.3, 0.4) is 0 Å². The molecule has 0 spiro atoms. The molecule has 8 atom stereocenters. The molecule has 0 aromatic heterocycles. The summed E-state index contributed by atoms with van der Waals surface area (Å²) in [4.78, 5) is 49.8. The molecule has 0 aromatic carbocycles. The number of fused-ring (bicyclic) bond motifs is 5. The third-order valence-corrected chi connectivity index (χ3v) is 11.0. The Bertz CT molecular complexity index is 1050. The van der Waals surface area contributed by atoms with Gasteiger partial charge < -0.3 is 25.0 Å². The number of nitrogens with one attached hydrogen (secondary N) is 1. The number of hydrogen-bond acceptors (Lipinski definition) is 8. The first kappa shape index (κ1) is 28.4.